The highest BCUT2D eigenvalue weighted by Gasteiger charge is 2.18. The van der Waals surface area contributed by atoms with Crippen LogP contribution in [0.1, 0.15) is 23.7 Å². The quantitative estimate of drug-likeness (QED) is 0.403. The predicted octanol–water partition coefficient (Wildman–Crippen LogP) is 4.25. The lowest BCUT2D eigenvalue weighted by Crippen LogP contribution is -2.37. The summed E-state index contributed by atoms with van der Waals surface area (Å²) in [6.45, 7) is 6.25. The monoisotopic (exact) mass is 421 g/mol. The van der Waals surface area contributed by atoms with Gasteiger partial charge in [0.05, 0.1) is 0 Å². The van der Waals surface area contributed by atoms with Crippen LogP contribution in [0.2, 0.25) is 0 Å². The van der Waals surface area contributed by atoms with E-state index in [1.54, 1.807) is 11.8 Å². The Morgan fingerprint density at radius 3 is 2.53 bits per heavy atom. The van der Waals surface area contributed by atoms with Crippen molar-refractivity contribution in [3.8, 4) is 0 Å². The molecule has 0 saturated heterocycles. The van der Waals surface area contributed by atoms with E-state index in [2.05, 4.69) is 17.1 Å². The first-order chi connectivity index (χ1) is 14.5. The minimum atomic E-state index is -0.196. The molecule has 1 heterocycles. The van der Waals surface area contributed by atoms with Crippen molar-refractivity contribution in [2.45, 2.75) is 38.9 Å². The molecule has 5 nitrogen and oxygen atoms in total. The van der Waals surface area contributed by atoms with Gasteiger partial charge in [0.2, 0.25) is 5.91 Å². The Hall–Kier alpha value is -2.86. The largest absolute Gasteiger partial charge is 0.311 e. The second-order valence-corrected chi connectivity index (χ2v) is 8.23. The number of rotatable bonds is 8. The second-order valence-electron chi connectivity index (χ2n) is 7.17. The van der Waals surface area contributed by atoms with Crippen LogP contribution in [0.5, 0.6) is 0 Å². The molecule has 156 valence electrons. The summed E-state index contributed by atoms with van der Waals surface area (Å²) >= 11 is 1.51. The van der Waals surface area contributed by atoms with E-state index >= 15 is 0 Å². The molecule has 0 radical (unpaired) electrons. The number of benzene rings is 2. The third kappa shape index (κ3) is 5.60. The number of nitrogens with zero attached hydrogens (tertiary/aromatic N) is 3. The lowest BCUT2D eigenvalue weighted by atomic mass is 10.2. The highest BCUT2D eigenvalue weighted by molar-refractivity contribution is 7.99. The molecular weight excluding hydrogens is 394 g/mol. The molecule has 6 heteroatoms. The topological polar surface area (TPSA) is 55.2 Å². The molecule has 3 rings (SSSR count). The van der Waals surface area contributed by atoms with Gasteiger partial charge in [0, 0.05) is 29.7 Å². The maximum atomic E-state index is 13.1. The van der Waals surface area contributed by atoms with Gasteiger partial charge in [-0.1, -0.05) is 54.2 Å². The molecule has 0 saturated carbocycles. The van der Waals surface area contributed by atoms with Crippen LogP contribution in [0, 0.1) is 13.8 Å². The Bertz CT molecular complexity index is 1060. The first-order valence-electron chi connectivity index (χ1n) is 10.1. The van der Waals surface area contributed by atoms with Crippen molar-refractivity contribution >= 4 is 23.4 Å². The van der Waals surface area contributed by atoms with Gasteiger partial charge >= 0.3 is 0 Å². The van der Waals surface area contributed by atoms with Crippen molar-refractivity contribution in [1.82, 2.24) is 9.55 Å². The predicted molar refractivity (Wildman–Crippen MR) is 123 cm³/mol. The Kier molecular flexibility index (Phi) is 7.46. The number of hydrogen-bond acceptors (Lipinski definition) is 4. The van der Waals surface area contributed by atoms with E-state index in [4.69, 9.17) is 0 Å². The minimum absolute atomic E-state index is 0.0262. The molecule has 0 aliphatic rings. The number of carbonyl (C=O) groups excluding carboxylic acids is 1. The van der Waals surface area contributed by atoms with Gasteiger partial charge in [0.1, 0.15) is 6.54 Å². The molecule has 0 N–H and O–H groups in total. The van der Waals surface area contributed by atoms with Crippen molar-refractivity contribution in [3.05, 3.63) is 87.8 Å². The maximum Gasteiger partial charge on any atom is 0.254 e. The van der Waals surface area contributed by atoms with Crippen LogP contribution in [0.4, 0.5) is 5.69 Å². The smallest absolute Gasteiger partial charge is 0.254 e. The lowest BCUT2D eigenvalue weighted by molar-refractivity contribution is -0.119. The number of likely N-dealkylation sites (N-methyl/N-ethyl adjacent to an activating group) is 1. The van der Waals surface area contributed by atoms with Gasteiger partial charge in [-0.25, -0.2) is 4.98 Å². The SMILES string of the molecule is CCN(C(=O)Cn1c(SCCc2ccccc2)nc(C)cc1=O)c1cccc(C)c1. The van der Waals surface area contributed by atoms with E-state index in [9.17, 15) is 9.59 Å². The Labute approximate surface area is 181 Å². The van der Waals surface area contributed by atoms with Gasteiger partial charge in [0.25, 0.3) is 5.56 Å². The summed E-state index contributed by atoms with van der Waals surface area (Å²) < 4.78 is 1.49. The molecule has 0 aliphatic heterocycles. The summed E-state index contributed by atoms with van der Waals surface area (Å²) in [5, 5.41) is 0.588. The summed E-state index contributed by atoms with van der Waals surface area (Å²) in [6, 6.07) is 19.5. The standard InChI is InChI=1S/C24H27N3O2S/c1-4-26(21-12-8-9-18(2)15-21)23(29)17-27-22(28)16-19(3)25-24(27)30-14-13-20-10-6-5-7-11-20/h5-12,15-16H,4,13-14,17H2,1-3H3. The molecule has 1 amide bonds. The van der Waals surface area contributed by atoms with Crippen molar-refractivity contribution < 1.29 is 4.79 Å². The van der Waals surface area contributed by atoms with Crippen LogP contribution < -0.4 is 10.5 Å². The molecule has 3 aromatic rings. The summed E-state index contributed by atoms with van der Waals surface area (Å²) in [7, 11) is 0. The average Bonchev–Trinajstić information content (AvgIpc) is 2.72. The second kappa shape index (κ2) is 10.3. The third-order valence-corrected chi connectivity index (χ3v) is 5.77. The summed E-state index contributed by atoms with van der Waals surface area (Å²) in [6.07, 6.45) is 0.869. The fourth-order valence-corrected chi connectivity index (χ4v) is 4.31. The minimum Gasteiger partial charge on any atom is -0.311 e. The highest BCUT2D eigenvalue weighted by atomic mass is 32.2. The van der Waals surface area contributed by atoms with Crippen LogP contribution in [0.25, 0.3) is 0 Å². The zero-order valence-corrected chi connectivity index (χ0v) is 18.5. The first kappa shape index (κ1) is 21.8. The van der Waals surface area contributed by atoms with Crippen molar-refractivity contribution in [1.29, 1.82) is 0 Å². The number of thioether (sulfide) groups is 1. The van der Waals surface area contributed by atoms with E-state index in [-0.39, 0.29) is 18.0 Å². The van der Waals surface area contributed by atoms with Crippen molar-refractivity contribution in [2.75, 3.05) is 17.2 Å². The van der Waals surface area contributed by atoms with Crippen LogP contribution in [-0.2, 0) is 17.8 Å². The van der Waals surface area contributed by atoms with Gasteiger partial charge in [-0.2, -0.15) is 0 Å². The summed E-state index contributed by atoms with van der Waals surface area (Å²) in [5.41, 5.74) is 3.63. The third-order valence-electron chi connectivity index (χ3n) is 4.79. The molecule has 0 spiro atoms. The number of hydrogen-bond donors (Lipinski definition) is 0. The van der Waals surface area contributed by atoms with Gasteiger partial charge in [-0.15, -0.1) is 0 Å². The van der Waals surface area contributed by atoms with E-state index in [0.717, 1.165) is 23.4 Å². The van der Waals surface area contributed by atoms with Crippen molar-refractivity contribution in [3.63, 3.8) is 0 Å². The summed E-state index contributed by atoms with van der Waals surface area (Å²) in [4.78, 5) is 32.0. The van der Waals surface area contributed by atoms with Gasteiger partial charge in [-0.05, 0) is 50.5 Å². The van der Waals surface area contributed by atoms with Crippen LogP contribution in [0.3, 0.4) is 0 Å². The fraction of sp³-hybridized carbons (Fsp3) is 0.292. The highest BCUT2D eigenvalue weighted by Crippen LogP contribution is 2.19. The zero-order chi connectivity index (χ0) is 21.5. The maximum absolute atomic E-state index is 13.1. The molecule has 0 atom stereocenters. The molecule has 0 bridgehead atoms. The molecule has 0 aliphatic carbocycles. The van der Waals surface area contributed by atoms with E-state index < -0.39 is 0 Å². The number of amides is 1. The average molecular weight is 422 g/mol. The van der Waals surface area contributed by atoms with Crippen LogP contribution in [-0.4, -0.2) is 27.8 Å². The molecule has 0 fully saturated rings. The Morgan fingerprint density at radius 1 is 1.07 bits per heavy atom. The molecule has 30 heavy (non-hydrogen) atoms. The van der Waals surface area contributed by atoms with Crippen LogP contribution >= 0.6 is 11.8 Å². The molecular formula is C24H27N3O2S. The fourth-order valence-electron chi connectivity index (χ4n) is 3.27. The normalized spacial score (nSPS) is 10.8. The lowest BCUT2D eigenvalue weighted by Gasteiger charge is -2.22. The van der Waals surface area contributed by atoms with Gasteiger partial charge in [0.15, 0.2) is 5.16 Å². The summed E-state index contributed by atoms with van der Waals surface area (Å²) in [5.74, 6) is 0.657. The zero-order valence-electron chi connectivity index (χ0n) is 17.7. The van der Waals surface area contributed by atoms with Crippen LogP contribution in [0.15, 0.2) is 70.6 Å². The number of aromatic nitrogens is 2. The van der Waals surface area contributed by atoms with Gasteiger partial charge in [-0.3, -0.25) is 14.2 Å². The Balaban J connectivity index is 1.78. The molecule has 0 unspecified atom stereocenters. The molecule has 1 aromatic heterocycles. The van der Waals surface area contributed by atoms with E-state index in [1.165, 1.54) is 28.0 Å². The number of carbonyl (C=O) groups is 1. The van der Waals surface area contributed by atoms with E-state index in [1.807, 2.05) is 56.3 Å². The van der Waals surface area contributed by atoms with Gasteiger partial charge < -0.3 is 4.90 Å². The number of anilines is 1. The molecule has 2 aromatic carbocycles. The first-order valence-corrected chi connectivity index (χ1v) is 11.1. The van der Waals surface area contributed by atoms with E-state index in [0.29, 0.717) is 17.4 Å². The Morgan fingerprint density at radius 2 is 1.83 bits per heavy atom. The van der Waals surface area contributed by atoms with Crippen molar-refractivity contribution in [2.24, 2.45) is 0 Å². The number of aryl methyl sites for hydroxylation is 3.